The molecule has 1 aromatic heterocycles. The summed E-state index contributed by atoms with van der Waals surface area (Å²) in [7, 11) is 0. The molecule has 0 saturated carbocycles. The lowest BCUT2D eigenvalue weighted by Crippen LogP contribution is -2.28. The molecule has 0 spiro atoms. The van der Waals surface area contributed by atoms with E-state index >= 15 is 0 Å². The number of aromatic nitrogens is 2. The first kappa shape index (κ1) is 17.0. The number of amides is 1. The number of hydrogen-bond donors (Lipinski definition) is 1. The van der Waals surface area contributed by atoms with Crippen LogP contribution in [0.2, 0.25) is 0 Å². The molecule has 130 valence electrons. The van der Waals surface area contributed by atoms with Crippen molar-refractivity contribution in [3.05, 3.63) is 59.4 Å². The second-order valence-corrected chi connectivity index (χ2v) is 6.11. The first-order valence-corrected chi connectivity index (χ1v) is 8.49. The minimum atomic E-state index is -0.0290. The Morgan fingerprint density at radius 3 is 2.80 bits per heavy atom. The van der Waals surface area contributed by atoms with E-state index in [1.165, 1.54) is 0 Å². The van der Waals surface area contributed by atoms with Gasteiger partial charge in [0.2, 0.25) is 5.91 Å². The van der Waals surface area contributed by atoms with Gasteiger partial charge in [0.15, 0.2) is 0 Å². The van der Waals surface area contributed by atoms with Gasteiger partial charge in [-0.15, -0.1) is 0 Å². The van der Waals surface area contributed by atoms with E-state index in [0.29, 0.717) is 13.2 Å². The number of fused-ring (bicyclic) bond motifs is 1. The summed E-state index contributed by atoms with van der Waals surface area (Å²) in [6.45, 7) is 7.13. The summed E-state index contributed by atoms with van der Waals surface area (Å²) in [4.78, 5) is 16.7. The molecule has 2 aromatic carbocycles. The number of rotatable bonds is 6. The number of nitrogens with one attached hydrogen (secondary N) is 1. The maximum atomic E-state index is 12.1. The number of nitrogens with zero attached hydrogens (tertiary/aromatic N) is 2. The Morgan fingerprint density at radius 2 is 2.00 bits per heavy atom. The molecule has 1 amide bonds. The summed E-state index contributed by atoms with van der Waals surface area (Å²) < 4.78 is 7.92. The molecule has 0 aliphatic carbocycles. The minimum Gasteiger partial charge on any atom is -0.485 e. The van der Waals surface area contributed by atoms with Crippen molar-refractivity contribution in [1.82, 2.24) is 14.9 Å². The second-order valence-electron chi connectivity index (χ2n) is 6.11. The van der Waals surface area contributed by atoms with Crippen molar-refractivity contribution in [3.63, 3.8) is 0 Å². The van der Waals surface area contributed by atoms with Crippen LogP contribution in [0.4, 0.5) is 0 Å². The molecule has 1 N–H and O–H groups in total. The van der Waals surface area contributed by atoms with E-state index in [1.54, 1.807) is 0 Å². The van der Waals surface area contributed by atoms with Gasteiger partial charge in [0, 0.05) is 6.54 Å². The van der Waals surface area contributed by atoms with Crippen LogP contribution in [0.1, 0.15) is 23.9 Å². The number of benzene rings is 2. The van der Waals surface area contributed by atoms with Crippen LogP contribution < -0.4 is 10.1 Å². The van der Waals surface area contributed by atoms with Gasteiger partial charge < -0.3 is 14.6 Å². The Bertz CT molecular complexity index is 899. The average Bonchev–Trinajstić information content (AvgIpc) is 2.94. The van der Waals surface area contributed by atoms with Crippen LogP contribution in [-0.4, -0.2) is 22.0 Å². The van der Waals surface area contributed by atoms with Crippen molar-refractivity contribution < 1.29 is 9.53 Å². The predicted octanol–water partition coefficient (Wildman–Crippen LogP) is 3.37. The first-order chi connectivity index (χ1) is 12.1. The lowest BCUT2D eigenvalue weighted by Gasteiger charge is -2.12. The molecule has 0 unspecified atom stereocenters. The van der Waals surface area contributed by atoms with Crippen LogP contribution in [0.3, 0.4) is 0 Å². The monoisotopic (exact) mass is 337 g/mol. The molecule has 0 aliphatic heterocycles. The van der Waals surface area contributed by atoms with Crippen molar-refractivity contribution >= 4 is 16.9 Å². The van der Waals surface area contributed by atoms with E-state index in [9.17, 15) is 4.79 Å². The number of aryl methyl sites for hydroxylation is 2. The highest BCUT2D eigenvalue weighted by Gasteiger charge is 2.14. The Morgan fingerprint density at radius 1 is 1.20 bits per heavy atom. The van der Waals surface area contributed by atoms with Gasteiger partial charge in [0.05, 0.1) is 11.0 Å². The molecular formula is C20H23N3O2. The summed E-state index contributed by atoms with van der Waals surface area (Å²) in [6, 6.07) is 13.9. The average molecular weight is 337 g/mol. The molecule has 3 rings (SSSR count). The van der Waals surface area contributed by atoms with E-state index in [0.717, 1.165) is 33.7 Å². The second kappa shape index (κ2) is 7.38. The zero-order valence-corrected chi connectivity index (χ0v) is 14.9. The number of carbonyl (C=O) groups excluding carboxylic acids is 1. The van der Waals surface area contributed by atoms with Gasteiger partial charge in [0.1, 0.15) is 24.7 Å². The van der Waals surface area contributed by atoms with E-state index in [-0.39, 0.29) is 12.5 Å². The van der Waals surface area contributed by atoms with Gasteiger partial charge in [-0.2, -0.15) is 0 Å². The van der Waals surface area contributed by atoms with Crippen LogP contribution >= 0.6 is 0 Å². The Hall–Kier alpha value is -2.82. The van der Waals surface area contributed by atoms with Gasteiger partial charge in [-0.1, -0.05) is 24.3 Å². The van der Waals surface area contributed by atoms with Crippen LogP contribution in [0, 0.1) is 13.8 Å². The van der Waals surface area contributed by atoms with Gasteiger partial charge in [0.25, 0.3) is 0 Å². The fourth-order valence-electron chi connectivity index (χ4n) is 2.81. The van der Waals surface area contributed by atoms with Crippen LogP contribution in [-0.2, 0) is 17.9 Å². The maximum absolute atomic E-state index is 12.1. The number of likely N-dealkylation sites (N-methyl/N-ethyl adjacent to an activating group) is 1. The third-order valence-corrected chi connectivity index (χ3v) is 4.11. The maximum Gasteiger partial charge on any atom is 0.240 e. The molecule has 25 heavy (non-hydrogen) atoms. The molecule has 3 aromatic rings. The lowest BCUT2D eigenvalue weighted by atomic mass is 10.1. The zero-order chi connectivity index (χ0) is 17.8. The number of imidazole rings is 1. The Labute approximate surface area is 147 Å². The summed E-state index contributed by atoms with van der Waals surface area (Å²) in [6.07, 6.45) is 0. The molecular weight excluding hydrogens is 314 g/mol. The van der Waals surface area contributed by atoms with Crippen LogP contribution in [0.15, 0.2) is 42.5 Å². The minimum absolute atomic E-state index is 0.0290. The van der Waals surface area contributed by atoms with Crippen molar-refractivity contribution in [3.8, 4) is 5.75 Å². The number of para-hydroxylation sites is 2. The topological polar surface area (TPSA) is 56.2 Å². The third-order valence-electron chi connectivity index (χ3n) is 4.11. The van der Waals surface area contributed by atoms with Gasteiger partial charge in [-0.05, 0) is 50.1 Å². The van der Waals surface area contributed by atoms with Crippen LogP contribution in [0.25, 0.3) is 11.0 Å². The predicted molar refractivity (Wildman–Crippen MR) is 98.7 cm³/mol. The van der Waals surface area contributed by atoms with Crippen molar-refractivity contribution in [1.29, 1.82) is 0 Å². The summed E-state index contributed by atoms with van der Waals surface area (Å²) in [5.74, 6) is 1.56. The highest BCUT2D eigenvalue weighted by molar-refractivity contribution is 5.81. The highest BCUT2D eigenvalue weighted by Crippen LogP contribution is 2.22. The highest BCUT2D eigenvalue weighted by atomic mass is 16.5. The fourth-order valence-corrected chi connectivity index (χ4v) is 2.81. The molecule has 0 bridgehead atoms. The van der Waals surface area contributed by atoms with Crippen molar-refractivity contribution in [2.75, 3.05) is 6.54 Å². The van der Waals surface area contributed by atoms with Crippen molar-refractivity contribution in [2.45, 2.75) is 33.9 Å². The standard InChI is InChI=1S/C20H23N3O2/c1-4-21-20(24)12-23-17-8-6-5-7-16(17)22-19(23)13-25-18-11-14(2)9-10-15(18)3/h5-11H,4,12-13H2,1-3H3,(H,21,24). The molecule has 0 aliphatic rings. The Kier molecular flexibility index (Phi) is 5.03. The third kappa shape index (κ3) is 3.82. The Balaban J connectivity index is 1.89. The first-order valence-electron chi connectivity index (χ1n) is 8.49. The van der Waals surface area contributed by atoms with E-state index < -0.39 is 0 Å². The van der Waals surface area contributed by atoms with E-state index in [2.05, 4.69) is 16.4 Å². The van der Waals surface area contributed by atoms with E-state index in [1.807, 2.05) is 61.7 Å². The molecule has 1 heterocycles. The lowest BCUT2D eigenvalue weighted by molar-refractivity contribution is -0.121. The molecule has 0 atom stereocenters. The van der Waals surface area contributed by atoms with Crippen molar-refractivity contribution in [2.24, 2.45) is 0 Å². The van der Waals surface area contributed by atoms with Gasteiger partial charge >= 0.3 is 0 Å². The quantitative estimate of drug-likeness (QED) is 0.750. The molecule has 5 heteroatoms. The number of hydrogen-bond acceptors (Lipinski definition) is 3. The molecule has 0 saturated heterocycles. The summed E-state index contributed by atoms with van der Waals surface area (Å²) >= 11 is 0. The van der Waals surface area contributed by atoms with E-state index in [4.69, 9.17) is 4.74 Å². The summed E-state index contributed by atoms with van der Waals surface area (Å²) in [5, 5.41) is 2.84. The molecule has 5 nitrogen and oxygen atoms in total. The van der Waals surface area contributed by atoms with Crippen LogP contribution in [0.5, 0.6) is 5.75 Å². The zero-order valence-electron chi connectivity index (χ0n) is 14.9. The van der Waals surface area contributed by atoms with Gasteiger partial charge in [-0.25, -0.2) is 4.98 Å². The largest absolute Gasteiger partial charge is 0.485 e. The van der Waals surface area contributed by atoms with Gasteiger partial charge in [-0.3, -0.25) is 4.79 Å². The smallest absolute Gasteiger partial charge is 0.240 e. The fraction of sp³-hybridized carbons (Fsp3) is 0.300. The number of carbonyl (C=O) groups is 1. The SMILES string of the molecule is CCNC(=O)Cn1c(COc2cc(C)ccc2C)nc2ccccc21. The summed E-state index contributed by atoms with van der Waals surface area (Å²) in [5.41, 5.74) is 4.04. The normalized spacial score (nSPS) is 10.8. The number of ether oxygens (including phenoxy) is 1. The molecule has 0 radical (unpaired) electrons. The molecule has 0 fully saturated rings.